The average molecular weight is 741 g/mol. The zero-order valence-electron chi connectivity index (χ0n) is 32.8. The van der Waals surface area contributed by atoms with E-state index in [0.717, 1.165) is 29.3 Å². The molecule has 2 saturated carbocycles. The van der Waals surface area contributed by atoms with Crippen LogP contribution in [0, 0.1) is 16.7 Å². The number of fused-ring (bicyclic) bond motifs is 8. The zero-order chi connectivity index (χ0) is 38.1. The predicted molar refractivity (Wildman–Crippen MR) is 198 cm³/mol. The quantitative estimate of drug-likeness (QED) is 0.146. The van der Waals surface area contributed by atoms with Crippen molar-refractivity contribution < 1.29 is 47.5 Å². The molecule has 0 spiro atoms. The normalized spacial score (nSPS) is 38.8. The van der Waals surface area contributed by atoms with Gasteiger partial charge in [-0.1, -0.05) is 65.8 Å². The van der Waals surface area contributed by atoms with Crippen LogP contribution in [-0.4, -0.2) is 92.2 Å². The molecule has 0 radical (unpaired) electrons. The molecule has 3 aliphatic carbocycles. The molecule has 5 aliphatic rings. The number of esters is 2. The van der Waals surface area contributed by atoms with E-state index in [2.05, 4.69) is 41.2 Å². The molecule has 0 unspecified atom stereocenters. The van der Waals surface area contributed by atoms with Crippen LogP contribution in [-0.2, 0) is 37.6 Å². The largest absolute Gasteiger partial charge is 0.455 e. The Kier molecular flexibility index (Phi) is 10.4. The molecule has 0 aromatic heterocycles. The van der Waals surface area contributed by atoms with E-state index in [4.69, 9.17) is 32.8 Å². The van der Waals surface area contributed by atoms with Crippen LogP contribution in [0.5, 0.6) is 0 Å². The van der Waals surface area contributed by atoms with Gasteiger partial charge >= 0.3 is 11.9 Å². The summed E-state index contributed by atoms with van der Waals surface area (Å²) < 4.78 is 47.4. The number of aliphatic hydroxyl groups is 1. The molecule has 10 nitrogen and oxygen atoms in total. The Labute approximate surface area is 310 Å². The number of hydrogen-bond donors (Lipinski definition) is 1. The molecule has 2 heterocycles. The van der Waals surface area contributed by atoms with Gasteiger partial charge in [0.1, 0.15) is 23.9 Å². The summed E-state index contributed by atoms with van der Waals surface area (Å²) in [5, 5.41) is 13.9. The Morgan fingerprint density at radius 1 is 1.04 bits per heavy atom. The molecule has 2 aliphatic heterocycles. The highest BCUT2D eigenvalue weighted by Crippen LogP contribution is 2.67. The summed E-state index contributed by atoms with van der Waals surface area (Å²) in [5.41, 5.74) is -2.88. The standard InChI is InChI=1S/C41H60O10Si/c1-12-21-45-29-22-30-40(24-46-30,48-26(6)42)33-35(47-36(43)27-19-17-16-18-20-27)41(44)23-28(51-52(13-2,14-3)15-4)25(5)31(37(41,7)8)32-34(39(29,33)11)50-38(9,10)49-32/h12,16-20,28-30,32-35,44H,1,13-15,21-24H2,2-11H3/t28-,29+,30-,32-,33+,34-,35+,39-,40+,41-/m1/s1. The van der Waals surface area contributed by atoms with Crippen LogP contribution in [0.4, 0.5) is 0 Å². The summed E-state index contributed by atoms with van der Waals surface area (Å²) in [7, 11) is -2.24. The fourth-order valence-corrected chi connectivity index (χ4v) is 13.5. The van der Waals surface area contributed by atoms with Crippen molar-refractivity contribution >= 4 is 20.3 Å². The maximum atomic E-state index is 14.4. The van der Waals surface area contributed by atoms with Crippen molar-refractivity contribution in [1.82, 2.24) is 0 Å². The van der Waals surface area contributed by atoms with E-state index in [-0.39, 0.29) is 19.6 Å². The second-order valence-corrected chi connectivity index (χ2v) is 21.6. The van der Waals surface area contributed by atoms with Crippen LogP contribution in [0.25, 0.3) is 0 Å². The highest BCUT2D eigenvalue weighted by atomic mass is 28.4. The van der Waals surface area contributed by atoms with E-state index >= 15 is 0 Å². The maximum Gasteiger partial charge on any atom is 0.338 e. The van der Waals surface area contributed by atoms with Crippen molar-refractivity contribution in [3.8, 4) is 0 Å². The van der Waals surface area contributed by atoms with Gasteiger partial charge in [-0.2, -0.15) is 0 Å². The molecule has 288 valence electrons. The van der Waals surface area contributed by atoms with E-state index in [9.17, 15) is 14.7 Å². The summed E-state index contributed by atoms with van der Waals surface area (Å²) in [4.78, 5) is 27.6. The highest BCUT2D eigenvalue weighted by Gasteiger charge is 2.79. The molecule has 0 amide bonds. The van der Waals surface area contributed by atoms with E-state index < -0.39 is 90.6 Å². The number of hydrogen-bond acceptors (Lipinski definition) is 10. The van der Waals surface area contributed by atoms with Crippen molar-refractivity contribution in [2.45, 2.75) is 154 Å². The third kappa shape index (κ3) is 5.88. The van der Waals surface area contributed by atoms with Gasteiger partial charge in [0.05, 0.1) is 43.0 Å². The smallest absolute Gasteiger partial charge is 0.338 e. The van der Waals surface area contributed by atoms with Gasteiger partial charge in [0, 0.05) is 30.6 Å². The first-order valence-corrected chi connectivity index (χ1v) is 21.7. The topological polar surface area (TPSA) is 119 Å². The molecular formula is C41H60O10Si. The first kappa shape index (κ1) is 39.3. The molecule has 1 N–H and O–H groups in total. The second-order valence-electron chi connectivity index (χ2n) is 16.9. The van der Waals surface area contributed by atoms with Crippen molar-refractivity contribution in [3.63, 3.8) is 0 Å². The Balaban J connectivity index is 1.69. The Morgan fingerprint density at radius 3 is 2.25 bits per heavy atom. The van der Waals surface area contributed by atoms with Crippen molar-refractivity contribution in [3.05, 3.63) is 59.7 Å². The van der Waals surface area contributed by atoms with Gasteiger partial charge in [-0.05, 0) is 62.2 Å². The van der Waals surface area contributed by atoms with Gasteiger partial charge in [-0.3, -0.25) is 4.79 Å². The average Bonchev–Trinajstić information content (AvgIpc) is 3.42. The third-order valence-corrected chi connectivity index (χ3v) is 18.3. The lowest BCUT2D eigenvalue weighted by Gasteiger charge is -2.69. The monoisotopic (exact) mass is 740 g/mol. The summed E-state index contributed by atoms with van der Waals surface area (Å²) >= 11 is 0. The lowest BCUT2D eigenvalue weighted by Crippen LogP contribution is -2.82. The van der Waals surface area contributed by atoms with Gasteiger partial charge in [-0.15, -0.1) is 6.58 Å². The van der Waals surface area contributed by atoms with E-state index in [1.54, 1.807) is 30.3 Å². The summed E-state index contributed by atoms with van der Waals surface area (Å²) in [6, 6.07) is 11.6. The van der Waals surface area contributed by atoms with Crippen LogP contribution >= 0.6 is 0 Å². The fraction of sp³-hybridized carbons (Fsp3) is 0.707. The zero-order valence-corrected chi connectivity index (χ0v) is 33.8. The first-order valence-electron chi connectivity index (χ1n) is 19.2. The molecule has 4 fully saturated rings. The molecule has 6 rings (SSSR count). The molecule has 1 aromatic carbocycles. The van der Waals surface area contributed by atoms with Gasteiger partial charge in [0.25, 0.3) is 0 Å². The summed E-state index contributed by atoms with van der Waals surface area (Å²) in [5.74, 6) is -2.97. The van der Waals surface area contributed by atoms with Gasteiger partial charge in [-0.25, -0.2) is 4.79 Å². The van der Waals surface area contributed by atoms with Gasteiger partial charge < -0.3 is 38.0 Å². The van der Waals surface area contributed by atoms with Crippen molar-refractivity contribution in [2.75, 3.05) is 13.2 Å². The van der Waals surface area contributed by atoms with Gasteiger partial charge in [0.2, 0.25) is 0 Å². The number of carbonyl (C=O) groups is 2. The number of carbonyl (C=O) groups excluding carboxylic acids is 2. The Hall–Kier alpha value is -2.38. The highest BCUT2D eigenvalue weighted by molar-refractivity contribution is 6.73. The first-order chi connectivity index (χ1) is 24.4. The van der Waals surface area contributed by atoms with E-state index in [0.29, 0.717) is 12.0 Å². The third-order valence-electron chi connectivity index (χ3n) is 13.6. The van der Waals surface area contributed by atoms with Crippen LogP contribution in [0.15, 0.2) is 54.1 Å². The molecule has 52 heavy (non-hydrogen) atoms. The van der Waals surface area contributed by atoms with Gasteiger partial charge in [0.15, 0.2) is 19.7 Å². The SMILES string of the molecule is C=CCO[C@H]1C[C@H]2OC[C@@]2(OC(C)=O)[C@H]2[C@H](OC(=O)c3ccccc3)[C@]3(O)C[C@@H](O[Si](CC)(CC)CC)C(C)=C([C@H]4OC(C)(C)O[C@H]4[C@]12C)C3(C)C. The Morgan fingerprint density at radius 2 is 1.69 bits per heavy atom. The number of ether oxygens (including phenoxy) is 6. The molecular weight excluding hydrogens is 681 g/mol. The lowest BCUT2D eigenvalue weighted by molar-refractivity contribution is -0.365. The van der Waals surface area contributed by atoms with Crippen molar-refractivity contribution in [2.24, 2.45) is 16.7 Å². The minimum atomic E-state index is -2.24. The van der Waals surface area contributed by atoms with E-state index in [1.807, 2.05) is 33.8 Å². The predicted octanol–water partition coefficient (Wildman–Crippen LogP) is 6.91. The number of benzene rings is 1. The van der Waals surface area contributed by atoms with Crippen LogP contribution in [0.1, 0.15) is 92.4 Å². The fourth-order valence-electron chi connectivity index (χ4n) is 10.6. The second kappa shape index (κ2) is 13.7. The Bertz CT molecular complexity index is 1560. The summed E-state index contributed by atoms with van der Waals surface area (Å²) in [6.45, 7) is 24.1. The summed E-state index contributed by atoms with van der Waals surface area (Å²) in [6.07, 6.45) is -1.93. The lowest BCUT2D eigenvalue weighted by atomic mass is 9.44. The molecule has 11 heteroatoms. The van der Waals surface area contributed by atoms with E-state index in [1.165, 1.54) is 6.92 Å². The maximum absolute atomic E-state index is 14.4. The molecule has 2 saturated heterocycles. The molecule has 10 atom stereocenters. The van der Waals surface area contributed by atoms with Crippen molar-refractivity contribution in [1.29, 1.82) is 0 Å². The van der Waals surface area contributed by atoms with Crippen LogP contribution in [0.3, 0.4) is 0 Å². The van der Waals surface area contributed by atoms with Crippen LogP contribution < -0.4 is 0 Å². The minimum Gasteiger partial charge on any atom is -0.455 e. The molecule has 2 bridgehead atoms. The van der Waals surface area contributed by atoms with Crippen LogP contribution in [0.2, 0.25) is 18.1 Å². The number of rotatable bonds is 11. The minimum absolute atomic E-state index is 0.0579. The molecule has 1 aromatic rings.